The van der Waals surface area contributed by atoms with Crippen molar-refractivity contribution >= 4 is 47.4 Å². The summed E-state index contributed by atoms with van der Waals surface area (Å²) >= 11 is 6.21. The molecule has 1 aliphatic rings. The van der Waals surface area contributed by atoms with Gasteiger partial charge in [-0.1, -0.05) is 35.9 Å². The number of nitrogens with one attached hydrogen (secondary N) is 2. The Labute approximate surface area is 182 Å². The standard InChI is InChI=1S/C19H24ClN5O.HI/c1-21-19(23-13-15-5-2-3-7-17(15)20)24-14-16-6-4-8-22-18(16)25-9-11-26-12-10-25;/h2-8H,9-14H2,1H3,(H2,21,23,24);1H. The maximum Gasteiger partial charge on any atom is 0.191 e. The number of hydrogen-bond acceptors (Lipinski definition) is 4. The Hall–Kier alpha value is -1.58. The molecular weight excluding hydrogens is 477 g/mol. The quantitative estimate of drug-likeness (QED) is 0.375. The molecule has 0 amide bonds. The van der Waals surface area contributed by atoms with Crippen LogP contribution >= 0.6 is 35.6 Å². The number of guanidine groups is 1. The summed E-state index contributed by atoms with van der Waals surface area (Å²) in [5.41, 5.74) is 2.17. The zero-order valence-corrected chi connectivity index (χ0v) is 18.4. The molecule has 6 nitrogen and oxygen atoms in total. The highest BCUT2D eigenvalue weighted by Gasteiger charge is 2.15. The summed E-state index contributed by atoms with van der Waals surface area (Å²) in [6, 6.07) is 11.8. The number of aliphatic imine (C=N–C) groups is 1. The van der Waals surface area contributed by atoms with Gasteiger partial charge in [0.1, 0.15) is 5.82 Å². The van der Waals surface area contributed by atoms with Crippen LogP contribution in [0.1, 0.15) is 11.1 Å². The van der Waals surface area contributed by atoms with Crippen LogP contribution in [-0.2, 0) is 17.8 Å². The van der Waals surface area contributed by atoms with Crippen LogP contribution in [0, 0.1) is 0 Å². The molecule has 0 aliphatic carbocycles. The number of morpholine rings is 1. The highest BCUT2D eigenvalue weighted by atomic mass is 127. The van der Waals surface area contributed by atoms with Crippen molar-refractivity contribution in [2.75, 3.05) is 38.3 Å². The second-order valence-corrected chi connectivity index (χ2v) is 6.36. The lowest BCUT2D eigenvalue weighted by Crippen LogP contribution is -2.39. The molecule has 0 atom stereocenters. The van der Waals surface area contributed by atoms with E-state index in [-0.39, 0.29) is 24.0 Å². The first-order valence-corrected chi connectivity index (χ1v) is 9.10. The van der Waals surface area contributed by atoms with E-state index in [2.05, 4.69) is 31.6 Å². The molecule has 27 heavy (non-hydrogen) atoms. The number of pyridine rings is 1. The van der Waals surface area contributed by atoms with Gasteiger partial charge in [0.05, 0.1) is 13.2 Å². The van der Waals surface area contributed by atoms with E-state index < -0.39 is 0 Å². The molecule has 2 N–H and O–H groups in total. The van der Waals surface area contributed by atoms with Gasteiger partial charge in [-0.25, -0.2) is 4.98 Å². The van der Waals surface area contributed by atoms with Crippen molar-refractivity contribution in [2.45, 2.75) is 13.1 Å². The van der Waals surface area contributed by atoms with E-state index >= 15 is 0 Å². The lowest BCUT2D eigenvalue weighted by atomic mass is 10.2. The van der Waals surface area contributed by atoms with Gasteiger partial charge in [0.2, 0.25) is 0 Å². The molecule has 1 fully saturated rings. The monoisotopic (exact) mass is 501 g/mol. The smallest absolute Gasteiger partial charge is 0.191 e. The Balaban J connectivity index is 0.00000261. The van der Waals surface area contributed by atoms with Crippen LogP contribution in [0.4, 0.5) is 5.82 Å². The van der Waals surface area contributed by atoms with Gasteiger partial charge in [-0.2, -0.15) is 0 Å². The minimum atomic E-state index is 0. The maximum absolute atomic E-state index is 6.21. The number of aromatic nitrogens is 1. The zero-order valence-electron chi connectivity index (χ0n) is 15.3. The molecule has 0 bridgehead atoms. The van der Waals surface area contributed by atoms with E-state index in [0.29, 0.717) is 13.1 Å². The number of halogens is 2. The molecule has 1 saturated heterocycles. The molecule has 1 aromatic carbocycles. The number of benzene rings is 1. The Morgan fingerprint density at radius 2 is 1.78 bits per heavy atom. The normalized spacial score (nSPS) is 14.4. The molecule has 0 spiro atoms. The van der Waals surface area contributed by atoms with Gasteiger partial charge >= 0.3 is 0 Å². The van der Waals surface area contributed by atoms with Crippen LogP contribution in [0.3, 0.4) is 0 Å². The molecule has 8 heteroatoms. The Morgan fingerprint density at radius 3 is 2.48 bits per heavy atom. The van der Waals surface area contributed by atoms with Gasteiger partial charge in [-0.05, 0) is 17.7 Å². The van der Waals surface area contributed by atoms with Crippen molar-refractivity contribution < 1.29 is 4.74 Å². The third-order valence-electron chi connectivity index (χ3n) is 4.25. The molecule has 0 saturated carbocycles. The number of nitrogens with zero attached hydrogens (tertiary/aromatic N) is 3. The van der Waals surface area contributed by atoms with Gasteiger partial charge in [0.25, 0.3) is 0 Å². The van der Waals surface area contributed by atoms with Gasteiger partial charge in [-0.15, -0.1) is 24.0 Å². The molecular formula is C19H25ClIN5O. The molecule has 3 rings (SSSR count). The van der Waals surface area contributed by atoms with Gasteiger partial charge in [0, 0.05) is 50.0 Å². The van der Waals surface area contributed by atoms with E-state index in [1.165, 1.54) is 0 Å². The molecule has 1 aliphatic heterocycles. The van der Waals surface area contributed by atoms with Gasteiger partial charge < -0.3 is 20.3 Å². The van der Waals surface area contributed by atoms with Crippen LogP contribution < -0.4 is 15.5 Å². The van der Waals surface area contributed by atoms with E-state index in [4.69, 9.17) is 16.3 Å². The lowest BCUT2D eigenvalue weighted by Gasteiger charge is -2.29. The fraction of sp³-hybridized carbons (Fsp3) is 0.368. The average molecular weight is 502 g/mol. The summed E-state index contributed by atoms with van der Waals surface area (Å²) in [5, 5.41) is 7.40. The Morgan fingerprint density at radius 1 is 1.11 bits per heavy atom. The first kappa shape index (κ1) is 21.7. The molecule has 2 heterocycles. The van der Waals surface area contributed by atoms with Crippen molar-refractivity contribution in [3.8, 4) is 0 Å². The molecule has 2 aromatic rings. The van der Waals surface area contributed by atoms with Crippen LogP contribution in [0.25, 0.3) is 0 Å². The van der Waals surface area contributed by atoms with Crippen LogP contribution in [0.2, 0.25) is 5.02 Å². The second kappa shape index (κ2) is 11.3. The van der Waals surface area contributed by atoms with Crippen molar-refractivity contribution in [1.29, 1.82) is 0 Å². The van der Waals surface area contributed by atoms with Crippen molar-refractivity contribution in [3.05, 3.63) is 58.7 Å². The molecule has 1 aromatic heterocycles. The fourth-order valence-electron chi connectivity index (χ4n) is 2.85. The third kappa shape index (κ3) is 6.22. The van der Waals surface area contributed by atoms with Crippen LogP contribution in [-0.4, -0.2) is 44.3 Å². The van der Waals surface area contributed by atoms with E-state index in [1.54, 1.807) is 7.05 Å². The summed E-state index contributed by atoms with van der Waals surface area (Å²) in [6.45, 7) is 4.47. The maximum atomic E-state index is 6.21. The summed E-state index contributed by atoms with van der Waals surface area (Å²) in [7, 11) is 1.76. The number of ether oxygens (including phenoxy) is 1. The van der Waals surface area contributed by atoms with Crippen LogP contribution in [0.5, 0.6) is 0 Å². The Bertz CT molecular complexity index is 752. The van der Waals surface area contributed by atoms with Gasteiger partial charge in [-0.3, -0.25) is 4.99 Å². The molecule has 0 unspecified atom stereocenters. The topological polar surface area (TPSA) is 61.8 Å². The Kier molecular flexibility index (Phi) is 9.09. The predicted octanol–water partition coefficient (Wildman–Crippen LogP) is 3.05. The SMILES string of the molecule is CN=C(NCc1ccccc1Cl)NCc1cccnc1N1CCOCC1.I. The van der Waals surface area contributed by atoms with E-state index in [0.717, 1.165) is 54.2 Å². The van der Waals surface area contributed by atoms with Crippen LogP contribution in [0.15, 0.2) is 47.6 Å². The first-order valence-electron chi connectivity index (χ1n) is 8.72. The van der Waals surface area contributed by atoms with E-state index in [9.17, 15) is 0 Å². The molecule has 0 radical (unpaired) electrons. The minimum absolute atomic E-state index is 0. The summed E-state index contributed by atoms with van der Waals surface area (Å²) < 4.78 is 5.44. The van der Waals surface area contributed by atoms with Crippen molar-refractivity contribution in [1.82, 2.24) is 15.6 Å². The summed E-state index contributed by atoms with van der Waals surface area (Å²) in [6.07, 6.45) is 1.83. The summed E-state index contributed by atoms with van der Waals surface area (Å²) in [4.78, 5) is 11.1. The van der Waals surface area contributed by atoms with Gasteiger partial charge in [0.15, 0.2) is 5.96 Å². The zero-order chi connectivity index (χ0) is 18.2. The molecule has 146 valence electrons. The second-order valence-electron chi connectivity index (χ2n) is 5.96. The highest BCUT2D eigenvalue weighted by Crippen LogP contribution is 2.18. The number of anilines is 1. The predicted molar refractivity (Wildman–Crippen MR) is 121 cm³/mol. The fourth-order valence-corrected chi connectivity index (χ4v) is 3.05. The number of rotatable bonds is 5. The lowest BCUT2D eigenvalue weighted by molar-refractivity contribution is 0.122. The largest absolute Gasteiger partial charge is 0.378 e. The first-order chi connectivity index (χ1) is 12.8. The van der Waals surface area contributed by atoms with Crippen molar-refractivity contribution in [3.63, 3.8) is 0 Å². The minimum Gasteiger partial charge on any atom is -0.378 e. The highest BCUT2D eigenvalue weighted by molar-refractivity contribution is 14.0. The van der Waals surface area contributed by atoms with E-state index in [1.807, 2.05) is 36.5 Å². The summed E-state index contributed by atoms with van der Waals surface area (Å²) in [5.74, 6) is 1.73. The number of hydrogen-bond donors (Lipinski definition) is 2. The average Bonchev–Trinajstić information content (AvgIpc) is 2.70. The van der Waals surface area contributed by atoms with Crippen molar-refractivity contribution in [2.24, 2.45) is 4.99 Å². The third-order valence-corrected chi connectivity index (χ3v) is 4.62.